The van der Waals surface area contributed by atoms with Crippen LogP contribution in [0.4, 0.5) is 5.69 Å². The Hall–Kier alpha value is -1.41. The van der Waals surface area contributed by atoms with E-state index in [1.807, 2.05) is 24.3 Å². The number of carbonyl (C=O) groups excluding carboxylic acids is 2. The summed E-state index contributed by atoms with van der Waals surface area (Å²) in [5.74, 6) is -0.662. The topological polar surface area (TPSA) is 83.5 Å². The number of carbonyl (C=O) groups is 2. The molecule has 2 aliphatic rings. The van der Waals surface area contributed by atoms with Crippen molar-refractivity contribution >= 4 is 43.3 Å². The fourth-order valence-electron chi connectivity index (χ4n) is 3.00. The summed E-state index contributed by atoms with van der Waals surface area (Å²) in [7, 11) is -3.03. The summed E-state index contributed by atoms with van der Waals surface area (Å²) < 4.78 is 23.8. The molecule has 2 fully saturated rings. The number of sulfone groups is 1. The molecule has 6 nitrogen and oxygen atoms in total. The molecule has 1 aromatic rings. The highest BCUT2D eigenvalue weighted by Crippen LogP contribution is 2.27. The minimum Gasteiger partial charge on any atom is -0.352 e. The molecule has 0 aromatic heterocycles. The van der Waals surface area contributed by atoms with E-state index in [0.717, 1.165) is 10.2 Å². The molecule has 2 atom stereocenters. The summed E-state index contributed by atoms with van der Waals surface area (Å²) in [5, 5.41) is 2.77. The quantitative estimate of drug-likeness (QED) is 0.823. The Kier molecular flexibility index (Phi) is 4.46. The van der Waals surface area contributed by atoms with E-state index in [4.69, 9.17) is 0 Å². The lowest BCUT2D eigenvalue weighted by Gasteiger charge is -2.18. The van der Waals surface area contributed by atoms with E-state index in [2.05, 4.69) is 21.2 Å². The third kappa shape index (κ3) is 3.74. The summed E-state index contributed by atoms with van der Waals surface area (Å²) in [6.07, 6.45) is 0.599. The molecule has 2 aliphatic heterocycles. The molecule has 23 heavy (non-hydrogen) atoms. The van der Waals surface area contributed by atoms with Crippen LogP contribution in [0.1, 0.15) is 12.8 Å². The number of nitrogens with one attached hydrogen (secondary N) is 1. The minimum atomic E-state index is -3.03. The van der Waals surface area contributed by atoms with Crippen LogP contribution in [0, 0.1) is 5.92 Å². The molecular weight excluding hydrogens is 384 g/mol. The smallest absolute Gasteiger partial charge is 0.227 e. The lowest BCUT2D eigenvalue weighted by Crippen LogP contribution is -2.40. The third-order valence-electron chi connectivity index (χ3n) is 4.19. The summed E-state index contributed by atoms with van der Waals surface area (Å²) in [4.78, 5) is 26.1. The minimum absolute atomic E-state index is 0.00521. The maximum absolute atomic E-state index is 12.3. The molecule has 0 aliphatic carbocycles. The number of anilines is 1. The van der Waals surface area contributed by atoms with E-state index in [1.165, 1.54) is 0 Å². The van der Waals surface area contributed by atoms with Crippen molar-refractivity contribution in [2.24, 2.45) is 5.92 Å². The van der Waals surface area contributed by atoms with E-state index < -0.39 is 15.8 Å². The molecule has 2 saturated heterocycles. The number of hydrogen-bond donors (Lipinski definition) is 1. The predicted molar refractivity (Wildman–Crippen MR) is 89.8 cm³/mol. The van der Waals surface area contributed by atoms with Crippen molar-refractivity contribution < 1.29 is 18.0 Å². The van der Waals surface area contributed by atoms with Gasteiger partial charge >= 0.3 is 0 Å². The summed E-state index contributed by atoms with van der Waals surface area (Å²) in [6.45, 7) is 0.320. The number of hydrogen-bond acceptors (Lipinski definition) is 4. The van der Waals surface area contributed by atoms with Gasteiger partial charge in [-0.15, -0.1) is 0 Å². The Morgan fingerprint density at radius 3 is 2.78 bits per heavy atom. The summed E-state index contributed by atoms with van der Waals surface area (Å²) >= 11 is 3.37. The maximum atomic E-state index is 12.3. The van der Waals surface area contributed by atoms with E-state index in [1.54, 1.807) is 4.90 Å². The van der Waals surface area contributed by atoms with E-state index >= 15 is 0 Å². The predicted octanol–water partition coefficient (Wildman–Crippen LogP) is 1.11. The van der Waals surface area contributed by atoms with Gasteiger partial charge in [0.15, 0.2) is 9.84 Å². The second-order valence-corrected chi connectivity index (χ2v) is 9.14. The summed E-state index contributed by atoms with van der Waals surface area (Å²) in [5.41, 5.74) is 0.753. The SMILES string of the molecule is O=C(NC1CCS(=O)(=O)C1)C1CC(=O)N(c2cccc(Br)c2)C1. The first kappa shape index (κ1) is 16.4. The molecule has 2 amide bonds. The molecule has 0 bridgehead atoms. The molecule has 124 valence electrons. The van der Waals surface area contributed by atoms with Crippen molar-refractivity contribution in [2.75, 3.05) is 23.0 Å². The molecule has 2 unspecified atom stereocenters. The van der Waals surface area contributed by atoms with Gasteiger partial charge in [0.05, 0.1) is 17.4 Å². The number of amides is 2. The van der Waals surface area contributed by atoms with Crippen LogP contribution in [-0.4, -0.2) is 44.3 Å². The Bertz CT molecular complexity index is 750. The number of nitrogens with zero attached hydrogens (tertiary/aromatic N) is 1. The zero-order valence-corrected chi connectivity index (χ0v) is 14.8. The van der Waals surface area contributed by atoms with Crippen LogP contribution < -0.4 is 10.2 Å². The molecule has 1 N–H and O–H groups in total. The van der Waals surface area contributed by atoms with Gasteiger partial charge in [0.25, 0.3) is 0 Å². The van der Waals surface area contributed by atoms with Crippen LogP contribution in [0.5, 0.6) is 0 Å². The van der Waals surface area contributed by atoms with Crippen molar-refractivity contribution in [3.63, 3.8) is 0 Å². The van der Waals surface area contributed by atoms with Crippen molar-refractivity contribution in [3.05, 3.63) is 28.7 Å². The molecule has 0 radical (unpaired) electrons. The Morgan fingerprint density at radius 2 is 2.13 bits per heavy atom. The molecular formula is C15H17BrN2O4S. The molecule has 8 heteroatoms. The van der Waals surface area contributed by atoms with Crippen molar-refractivity contribution in [1.29, 1.82) is 0 Å². The Balaban J connectivity index is 1.64. The van der Waals surface area contributed by atoms with E-state index in [9.17, 15) is 18.0 Å². The lowest BCUT2D eigenvalue weighted by atomic mass is 10.1. The largest absolute Gasteiger partial charge is 0.352 e. The molecule has 0 saturated carbocycles. The maximum Gasteiger partial charge on any atom is 0.227 e. The van der Waals surface area contributed by atoms with Crippen LogP contribution in [-0.2, 0) is 19.4 Å². The molecule has 0 spiro atoms. The van der Waals surface area contributed by atoms with Crippen LogP contribution in [0.25, 0.3) is 0 Å². The van der Waals surface area contributed by atoms with Gasteiger partial charge in [-0.25, -0.2) is 8.42 Å². The van der Waals surface area contributed by atoms with Crippen LogP contribution >= 0.6 is 15.9 Å². The average molecular weight is 401 g/mol. The average Bonchev–Trinajstić information content (AvgIpc) is 3.01. The Labute approximate surface area is 143 Å². The van der Waals surface area contributed by atoms with Gasteiger partial charge in [0.2, 0.25) is 11.8 Å². The molecule has 1 aromatic carbocycles. The monoisotopic (exact) mass is 400 g/mol. The van der Waals surface area contributed by atoms with Gasteiger partial charge in [-0.1, -0.05) is 22.0 Å². The number of benzene rings is 1. The van der Waals surface area contributed by atoms with E-state index in [0.29, 0.717) is 13.0 Å². The van der Waals surface area contributed by atoms with Gasteiger partial charge in [-0.3, -0.25) is 9.59 Å². The van der Waals surface area contributed by atoms with Crippen LogP contribution in [0.3, 0.4) is 0 Å². The molecule has 3 rings (SSSR count). The fourth-order valence-corrected chi connectivity index (χ4v) is 5.07. The van der Waals surface area contributed by atoms with Gasteiger partial charge < -0.3 is 10.2 Å². The number of rotatable bonds is 3. The van der Waals surface area contributed by atoms with Gasteiger partial charge in [0.1, 0.15) is 0 Å². The zero-order valence-electron chi connectivity index (χ0n) is 12.4. The van der Waals surface area contributed by atoms with Crippen LogP contribution in [0.15, 0.2) is 28.7 Å². The first-order valence-corrected chi connectivity index (χ1v) is 10.0. The standard InChI is InChI=1S/C15H17BrN2O4S/c16-11-2-1-3-13(7-11)18-8-10(6-14(18)19)15(20)17-12-4-5-23(21,22)9-12/h1-3,7,10,12H,4-6,8-9H2,(H,17,20). The third-order valence-corrected chi connectivity index (χ3v) is 6.46. The zero-order chi connectivity index (χ0) is 16.6. The van der Waals surface area contributed by atoms with Crippen LogP contribution in [0.2, 0.25) is 0 Å². The highest BCUT2D eigenvalue weighted by Gasteiger charge is 2.37. The van der Waals surface area contributed by atoms with Crippen molar-refractivity contribution in [2.45, 2.75) is 18.9 Å². The second-order valence-electron chi connectivity index (χ2n) is 5.99. The Morgan fingerprint density at radius 1 is 1.35 bits per heavy atom. The first-order chi connectivity index (χ1) is 10.8. The fraction of sp³-hybridized carbons (Fsp3) is 0.467. The van der Waals surface area contributed by atoms with Gasteiger partial charge in [-0.2, -0.15) is 0 Å². The second kappa shape index (κ2) is 6.24. The first-order valence-electron chi connectivity index (χ1n) is 7.41. The number of halogens is 1. The normalized spacial score (nSPS) is 26.5. The molecule has 2 heterocycles. The lowest BCUT2D eigenvalue weighted by molar-refractivity contribution is -0.126. The highest BCUT2D eigenvalue weighted by molar-refractivity contribution is 9.10. The van der Waals surface area contributed by atoms with Crippen molar-refractivity contribution in [1.82, 2.24) is 5.32 Å². The van der Waals surface area contributed by atoms with Crippen molar-refractivity contribution in [3.8, 4) is 0 Å². The highest BCUT2D eigenvalue weighted by atomic mass is 79.9. The van der Waals surface area contributed by atoms with Gasteiger partial charge in [0, 0.05) is 29.2 Å². The van der Waals surface area contributed by atoms with E-state index in [-0.39, 0.29) is 35.8 Å². The van der Waals surface area contributed by atoms with Gasteiger partial charge in [-0.05, 0) is 24.6 Å². The summed E-state index contributed by atoms with van der Waals surface area (Å²) in [6, 6.07) is 7.04.